The minimum absolute atomic E-state index is 0.0133. The van der Waals surface area contributed by atoms with Gasteiger partial charge in [0.2, 0.25) is 11.8 Å². The molecular weight excluding hydrogens is 414 g/mol. The number of ether oxygens (including phenoxy) is 1. The molecule has 0 radical (unpaired) electrons. The van der Waals surface area contributed by atoms with Gasteiger partial charge in [0.05, 0.1) is 17.9 Å². The van der Waals surface area contributed by atoms with Gasteiger partial charge in [0, 0.05) is 10.8 Å². The first-order valence-electron chi connectivity index (χ1n) is 9.36. The first kappa shape index (κ1) is 21.3. The number of nitrogens with two attached hydrogens (primary N) is 1. The van der Waals surface area contributed by atoms with Gasteiger partial charge in [-0.25, -0.2) is 4.79 Å². The smallest absolute Gasteiger partial charge is 0.341 e. The van der Waals surface area contributed by atoms with Gasteiger partial charge in [-0.2, -0.15) is 0 Å². The molecule has 1 saturated carbocycles. The maximum absolute atomic E-state index is 12.5. The number of carbonyl (C=O) groups excluding carboxylic acids is 3. The van der Waals surface area contributed by atoms with E-state index in [1.807, 2.05) is 6.92 Å². The zero-order valence-electron chi connectivity index (χ0n) is 16.3. The van der Waals surface area contributed by atoms with Gasteiger partial charge in [0.1, 0.15) is 17.4 Å². The van der Waals surface area contributed by atoms with E-state index >= 15 is 0 Å². The number of primary amides is 1. The summed E-state index contributed by atoms with van der Waals surface area (Å²) in [6, 6.07) is 1.75. The van der Waals surface area contributed by atoms with E-state index in [1.165, 1.54) is 23.1 Å². The molecule has 0 saturated heterocycles. The number of amides is 2. The molecule has 0 spiro atoms. The number of thioether (sulfide) groups is 1. The van der Waals surface area contributed by atoms with E-state index < -0.39 is 11.9 Å². The van der Waals surface area contributed by atoms with Crippen molar-refractivity contribution >= 4 is 45.9 Å². The Morgan fingerprint density at radius 3 is 2.72 bits per heavy atom. The molecule has 1 fully saturated rings. The molecule has 2 aromatic rings. The summed E-state index contributed by atoms with van der Waals surface area (Å²) in [6.07, 6.45) is 2.77. The topological polar surface area (TPSA) is 129 Å². The van der Waals surface area contributed by atoms with Crippen LogP contribution in [-0.4, -0.2) is 44.9 Å². The van der Waals surface area contributed by atoms with E-state index in [4.69, 9.17) is 10.5 Å². The summed E-state index contributed by atoms with van der Waals surface area (Å²) in [4.78, 5) is 37.0. The van der Waals surface area contributed by atoms with Crippen molar-refractivity contribution in [2.24, 2.45) is 5.73 Å². The molecule has 0 bridgehead atoms. The molecular formula is C18H23N5O4S2. The highest BCUT2D eigenvalue weighted by Gasteiger charge is 2.31. The number of esters is 1. The summed E-state index contributed by atoms with van der Waals surface area (Å²) in [7, 11) is 0. The zero-order valence-corrected chi connectivity index (χ0v) is 17.9. The molecule has 9 nitrogen and oxygen atoms in total. The monoisotopic (exact) mass is 437 g/mol. The lowest BCUT2D eigenvalue weighted by molar-refractivity contribution is -0.118. The van der Waals surface area contributed by atoms with Crippen LogP contribution >= 0.6 is 23.1 Å². The number of nitrogens with zero attached hydrogens (tertiary/aromatic N) is 3. The number of anilines is 1. The quantitative estimate of drug-likeness (QED) is 0.430. The fourth-order valence-electron chi connectivity index (χ4n) is 2.72. The first-order chi connectivity index (χ1) is 13.9. The molecule has 0 aliphatic heterocycles. The molecule has 0 unspecified atom stereocenters. The molecule has 2 heterocycles. The van der Waals surface area contributed by atoms with E-state index in [2.05, 4.69) is 15.5 Å². The predicted molar refractivity (Wildman–Crippen MR) is 110 cm³/mol. The lowest BCUT2D eigenvalue weighted by Gasteiger charge is -2.08. The Labute approximate surface area is 176 Å². The maximum atomic E-state index is 12.5. The summed E-state index contributed by atoms with van der Waals surface area (Å²) >= 11 is 2.53. The Kier molecular flexibility index (Phi) is 6.91. The van der Waals surface area contributed by atoms with Gasteiger partial charge in [-0.15, -0.1) is 21.5 Å². The second kappa shape index (κ2) is 9.40. The Morgan fingerprint density at radius 2 is 2.10 bits per heavy atom. The van der Waals surface area contributed by atoms with Gasteiger partial charge >= 0.3 is 5.97 Å². The number of hydrogen-bond acceptors (Lipinski definition) is 8. The number of nitrogens with one attached hydrogen (secondary N) is 1. The van der Waals surface area contributed by atoms with Gasteiger partial charge in [0.15, 0.2) is 5.16 Å². The third-order valence-corrected chi connectivity index (χ3v) is 6.38. The number of carbonyl (C=O) groups is 3. The zero-order chi connectivity index (χ0) is 21.0. The van der Waals surface area contributed by atoms with E-state index in [-0.39, 0.29) is 24.8 Å². The second-order valence-corrected chi connectivity index (χ2v) is 8.61. The summed E-state index contributed by atoms with van der Waals surface area (Å²) in [5.41, 5.74) is 5.70. The molecule has 156 valence electrons. The molecule has 3 rings (SSSR count). The summed E-state index contributed by atoms with van der Waals surface area (Å²) < 4.78 is 6.75. The van der Waals surface area contributed by atoms with Crippen LogP contribution in [0.15, 0.2) is 11.2 Å². The Morgan fingerprint density at radius 1 is 1.34 bits per heavy atom. The minimum Gasteiger partial charge on any atom is -0.462 e. The highest BCUT2D eigenvalue weighted by Crippen LogP contribution is 2.40. The normalized spacial score (nSPS) is 13.3. The summed E-state index contributed by atoms with van der Waals surface area (Å²) in [5.74, 6) is -0.127. The third-order valence-electron chi connectivity index (χ3n) is 4.21. The lowest BCUT2D eigenvalue weighted by atomic mass is 10.2. The van der Waals surface area contributed by atoms with E-state index in [0.29, 0.717) is 21.6 Å². The second-order valence-electron chi connectivity index (χ2n) is 6.53. The van der Waals surface area contributed by atoms with Gasteiger partial charge in [-0.05, 0) is 32.3 Å². The number of rotatable bonds is 10. The molecule has 1 aliphatic carbocycles. The van der Waals surface area contributed by atoms with Crippen molar-refractivity contribution in [2.45, 2.75) is 50.7 Å². The molecule has 11 heteroatoms. The van der Waals surface area contributed by atoms with Crippen LogP contribution in [0, 0.1) is 0 Å². The maximum Gasteiger partial charge on any atom is 0.341 e. The third kappa shape index (κ3) is 5.36. The number of aryl methyl sites for hydroxylation is 1. The van der Waals surface area contributed by atoms with Crippen molar-refractivity contribution in [3.63, 3.8) is 0 Å². The SMILES string of the molecule is CCOC(=O)c1cc(CC)sc1NC(=O)CSc1nnc(C2CC2)n1CC(N)=O. The molecule has 1 aliphatic rings. The van der Waals surface area contributed by atoms with Crippen LogP contribution in [0.2, 0.25) is 0 Å². The molecule has 2 aromatic heterocycles. The standard InChI is InChI=1S/C18H23N5O4S2/c1-3-11-7-12(17(26)27-4-2)16(29-11)20-14(25)9-28-18-22-21-15(10-5-6-10)23(18)8-13(19)24/h7,10H,3-6,8-9H2,1-2H3,(H2,19,24)(H,20,25). The van der Waals surface area contributed by atoms with Crippen molar-refractivity contribution in [3.05, 3.63) is 22.3 Å². The molecule has 0 atom stereocenters. The predicted octanol–water partition coefficient (Wildman–Crippen LogP) is 2.17. The van der Waals surface area contributed by atoms with Crippen LogP contribution in [0.4, 0.5) is 5.00 Å². The van der Waals surface area contributed by atoms with E-state index in [9.17, 15) is 14.4 Å². The first-order valence-corrected chi connectivity index (χ1v) is 11.2. The van der Waals surface area contributed by atoms with Gasteiger partial charge in [0.25, 0.3) is 0 Å². The highest BCUT2D eigenvalue weighted by molar-refractivity contribution is 7.99. The largest absolute Gasteiger partial charge is 0.462 e. The number of thiophene rings is 1. The fourth-order valence-corrected chi connectivity index (χ4v) is 4.46. The van der Waals surface area contributed by atoms with Gasteiger partial charge < -0.3 is 15.8 Å². The molecule has 3 N–H and O–H groups in total. The summed E-state index contributed by atoms with van der Waals surface area (Å²) in [6.45, 7) is 3.96. The summed E-state index contributed by atoms with van der Waals surface area (Å²) in [5, 5.41) is 12.0. The van der Waals surface area contributed by atoms with E-state index in [1.54, 1.807) is 17.6 Å². The fraction of sp³-hybridized carbons (Fsp3) is 0.500. The van der Waals surface area contributed by atoms with Crippen molar-refractivity contribution in [3.8, 4) is 0 Å². The lowest BCUT2D eigenvalue weighted by Crippen LogP contribution is -2.21. The van der Waals surface area contributed by atoms with Crippen LogP contribution in [0.3, 0.4) is 0 Å². The average Bonchev–Trinajstić information content (AvgIpc) is 3.32. The molecule has 29 heavy (non-hydrogen) atoms. The Hall–Kier alpha value is -2.40. The van der Waals surface area contributed by atoms with E-state index in [0.717, 1.165) is 30.0 Å². The van der Waals surface area contributed by atoms with Crippen molar-refractivity contribution in [1.29, 1.82) is 0 Å². The van der Waals surface area contributed by atoms with Crippen molar-refractivity contribution < 1.29 is 19.1 Å². The minimum atomic E-state index is -0.484. The molecule has 0 aromatic carbocycles. The van der Waals surface area contributed by atoms with Crippen molar-refractivity contribution in [2.75, 3.05) is 17.7 Å². The molecule has 2 amide bonds. The van der Waals surface area contributed by atoms with Gasteiger partial charge in [-0.3, -0.25) is 14.2 Å². The van der Waals surface area contributed by atoms with Crippen LogP contribution in [0.5, 0.6) is 0 Å². The highest BCUT2D eigenvalue weighted by atomic mass is 32.2. The Bertz CT molecular complexity index is 919. The van der Waals surface area contributed by atoms with Crippen LogP contribution < -0.4 is 11.1 Å². The van der Waals surface area contributed by atoms with Crippen LogP contribution in [0.25, 0.3) is 0 Å². The van der Waals surface area contributed by atoms with Gasteiger partial charge in [-0.1, -0.05) is 18.7 Å². The number of hydrogen-bond donors (Lipinski definition) is 2. The Balaban J connectivity index is 1.67. The van der Waals surface area contributed by atoms with Crippen molar-refractivity contribution in [1.82, 2.24) is 14.8 Å². The average molecular weight is 438 g/mol. The van der Waals surface area contributed by atoms with Crippen LogP contribution in [0.1, 0.15) is 53.7 Å². The van der Waals surface area contributed by atoms with Crippen LogP contribution in [-0.2, 0) is 27.3 Å². The number of aromatic nitrogens is 3.